The molecular weight excluding hydrogens is 411 g/mol. The molecule has 1 fully saturated rings. The summed E-state index contributed by atoms with van der Waals surface area (Å²) < 4.78 is 5.32. The van der Waals surface area contributed by atoms with Gasteiger partial charge in [-0.25, -0.2) is 4.98 Å². The molecule has 3 N–H and O–H groups in total. The lowest BCUT2D eigenvalue weighted by Crippen LogP contribution is -2.44. The van der Waals surface area contributed by atoms with Crippen molar-refractivity contribution in [2.75, 3.05) is 37.6 Å². The quantitative estimate of drug-likeness (QED) is 0.656. The first kappa shape index (κ1) is 21.7. The van der Waals surface area contributed by atoms with Crippen LogP contribution in [0.2, 0.25) is 5.02 Å². The number of piperazine rings is 1. The second-order valence-electron chi connectivity index (χ2n) is 5.99. The van der Waals surface area contributed by atoms with Gasteiger partial charge in [0.1, 0.15) is 5.82 Å². The van der Waals surface area contributed by atoms with Gasteiger partial charge in [-0.3, -0.25) is 0 Å². The Balaban J connectivity index is 0.00000131. The third kappa shape index (κ3) is 4.62. The molecule has 27 heavy (non-hydrogen) atoms. The zero-order valence-corrected chi connectivity index (χ0v) is 16.9. The van der Waals surface area contributed by atoms with Crippen LogP contribution in [0.1, 0.15) is 5.82 Å². The molecule has 4 rings (SSSR count). The van der Waals surface area contributed by atoms with Crippen LogP contribution in [0.4, 0.5) is 5.82 Å². The molecule has 0 radical (unpaired) electrons. The van der Waals surface area contributed by atoms with E-state index >= 15 is 0 Å². The maximum atomic E-state index is 6.49. The van der Waals surface area contributed by atoms with E-state index in [0.29, 0.717) is 29.7 Å². The molecule has 7 nitrogen and oxygen atoms in total. The summed E-state index contributed by atoms with van der Waals surface area (Å²) in [6.07, 6.45) is 0.596. The van der Waals surface area contributed by atoms with E-state index in [-0.39, 0.29) is 24.8 Å². The van der Waals surface area contributed by atoms with Crippen molar-refractivity contribution < 1.29 is 4.52 Å². The van der Waals surface area contributed by atoms with Crippen LogP contribution in [0.5, 0.6) is 0 Å². The average molecular weight is 432 g/mol. The van der Waals surface area contributed by atoms with Gasteiger partial charge in [-0.1, -0.05) is 16.8 Å². The number of fused-ring (bicyclic) bond motifs is 1. The van der Waals surface area contributed by atoms with Gasteiger partial charge in [0.15, 0.2) is 5.82 Å². The van der Waals surface area contributed by atoms with Gasteiger partial charge in [-0.05, 0) is 30.8 Å². The minimum atomic E-state index is 0. The van der Waals surface area contributed by atoms with Crippen molar-refractivity contribution >= 4 is 53.1 Å². The fourth-order valence-electron chi connectivity index (χ4n) is 2.97. The number of nitrogens with zero attached hydrogens (tertiary/aromatic N) is 4. The van der Waals surface area contributed by atoms with Crippen molar-refractivity contribution in [3.63, 3.8) is 0 Å². The average Bonchev–Trinajstić information content (AvgIpc) is 3.10. The van der Waals surface area contributed by atoms with Gasteiger partial charge in [0.2, 0.25) is 0 Å². The van der Waals surface area contributed by atoms with Crippen LogP contribution in [0.15, 0.2) is 28.8 Å². The highest BCUT2D eigenvalue weighted by molar-refractivity contribution is 6.33. The van der Waals surface area contributed by atoms with E-state index in [9.17, 15) is 0 Å². The van der Waals surface area contributed by atoms with Crippen LogP contribution in [0.25, 0.3) is 22.4 Å². The second-order valence-corrected chi connectivity index (χ2v) is 6.40. The van der Waals surface area contributed by atoms with Crippen LogP contribution in [-0.4, -0.2) is 47.8 Å². The largest absolute Gasteiger partial charge is 0.353 e. The minimum absolute atomic E-state index is 0. The summed E-state index contributed by atoms with van der Waals surface area (Å²) in [5.41, 5.74) is 7.26. The summed E-state index contributed by atoms with van der Waals surface area (Å²) in [5.74, 6) is 1.93. The van der Waals surface area contributed by atoms with Crippen molar-refractivity contribution in [2.24, 2.45) is 5.73 Å². The van der Waals surface area contributed by atoms with Gasteiger partial charge in [0.05, 0.1) is 10.5 Å². The number of nitrogens with two attached hydrogens (primary N) is 1. The highest BCUT2D eigenvalue weighted by Gasteiger charge is 2.16. The topological polar surface area (TPSA) is 93.1 Å². The third-order valence-electron chi connectivity index (χ3n) is 4.25. The summed E-state index contributed by atoms with van der Waals surface area (Å²) in [4.78, 5) is 11.3. The molecule has 0 spiro atoms. The van der Waals surface area contributed by atoms with Crippen LogP contribution < -0.4 is 16.0 Å². The first-order chi connectivity index (χ1) is 12.2. The Labute approximate surface area is 174 Å². The van der Waals surface area contributed by atoms with Crippen LogP contribution in [-0.2, 0) is 6.42 Å². The van der Waals surface area contributed by atoms with Gasteiger partial charge in [-0.2, -0.15) is 4.98 Å². The molecule has 1 aliphatic rings. The van der Waals surface area contributed by atoms with E-state index in [1.807, 2.05) is 24.3 Å². The molecule has 1 aromatic carbocycles. The van der Waals surface area contributed by atoms with Crippen LogP contribution in [0, 0.1) is 0 Å². The maximum absolute atomic E-state index is 6.49. The number of aromatic nitrogens is 3. The van der Waals surface area contributed by atoms with Gasteiger partial charge in [0.25, 0.3) is 5.89 Å². The van der Waals surface area contributed by atoms with Gasteiger partial charge in [0, 0.05) is 43.5 Å². The lowest BCUT2D eigenvalue weighted by atomic mass is 10.1. The Morgan fingerprint density at radius 2 is 1.93 bits per heavy atom. The van der Waals surface area contributed by atoms with E-state index < -0.39 is 0 Å². The Morgan fingerprint density at radius 1 is 1.15 bits per heavy atom. The first-order valence-electron chi connectivity index (χ1n) is 8.33. The number of anilines is 1. The molecule has 10 heteroatoms. The lowest BCUT2D eigenvalue weighted by molar-refractivity contribution is 0.422. The molecule has 0 aliphatic carbocycles. The number of hydrogen-bond acceptors (Lipinski definition) is 7. The molecule has 3 heterocycles. The molecule has 0 atom stereocenters. The van der Waals surface area contributed by atoms with Crippen molar-refractivity contribution in [3.8, 4) is 11.5 Å². The van der Waals surface area contributed by atoms with E-state index in [1.54, 1.807) is 0 Å². The highest BCUT2D eigenvalue weighted by Crippen LogP contribution is 2.30. The Kier molecular flexibility index (Phi) is 7.64. The fourth-order valence-corrected chi connectivity index (χ4v) is 3.25. The van der Waals surface area contributed by atoms with Gasteiger partial charge < -0.3 is 20.5 Å². The zero-order valence-electron chi connectivity index (χ0n) is 14.5. The number of pyridine rings is 1. The number of halogens is 3. The highest BCUT2D eigenvalue weighted by atomic mass is 35.5. The maximum Gasteiger partial charge on any atom is 0.257 e. The minimum Gasteiger partial charge on any atom is -0.353 e. The lowest BCUT2D eigenvalue weighted by Gasteiger charge is -2.29. The van der Waals surface area contributed by atoms with Crippen LogP contribution in [0.3, 0.4) is 0 Å². The van der Waals surface area contributed by atoms with Gasteiger partial charge >= 0.3 is 0 Å². The van der Waals surface area contributed by atoms with E-state index in [1.165, 1.54) is 0 Å². The molecule has 3 aromatic rings. The van der Waals surface area contributed by atoms with E-state index in [4.69, 9.17) is 26.8 Å². The third-order valence-corrected chi connectivity index (χ3v) is 4.53. The van der Waals surface area contributed by atoms with Crippen molar-refractivity contribution in [1.29, 1.82) is 0 Å². The summed E-state index contributed by atoms with van der Waals surface area (Å²) in [6.45, 7) is 4.18. The monoisotopic (exact) mass is 430 g/mol. The van der Waals surface area contributed by atoms with Gasteiger partial charge in [-0.15, -0.1) is 24.8 Å². The van der Waals surface area contributed by atoms with Crippen molar-refractivity contribution in [1.82, 2.24) is 20.4 Å². The number of benzene rings is 1. The second kappa shape index (κ2) is 9.52. The standard InChI is InChI=1S/C17H19ClN6O.2ClH/c18-13-10-12-9-11(17-22-15(3-4-19)23-25-17)1-2-14(12)21-16(13)24-7-5-20-6-8-24;;/h1-2,9-10,20H,3-8,19H2;2*1H. The molecule has 0 bridgehead atoms. The predicted molar refractivity (Wildman–Crippen MR) is 112 cm³/mol. The Morgan fingerprint density at radius 3 is 2.67 bits per heavy atom. The predicted octanol–water partition coefficient (Wildman–Crippen LogP) is 2.69. The molecule has 1 aliphatic heterocycles. The number of hydrogen-bond donors (Lipinski definition) is 2. The first-order valence-corrected chi connectivity index (χ1v) is 8.71. The van der Waals surface area contributed by atoms with E-state index in [0.717, 1.165) is 48.5 Å². The summed E-state index contributed by atoms with van der Waals surface area (Å²) in [7, 11) is 0. The summed E-state index contributed by atoms with van der Waals surface area (Å²) in [6, 6.07) is 7.81. The smallest absolute Gasteiger partial charge is 0.257 e. The van der Waals surface area contributed by atoms with Crippen molar-refractivity contribution in [2.45, 2.75) is 6.42 Å². The van der Waals surface area contributed by atoms with E-state index in [2.05, 4.69) is 20.4 Å². The molecule has 1 saturated heterocycles. The fraction of sp³-hybridized carbons (Fsp3) is 0.353. The normalized spacial score (nSPS) is 13.9. The molecule has 0 amide bonds. The summed E-state index contributed by atoms with van der Waals surface area (Å²) >= 11 is 6.49. The van der Waals surface area contributed by atoms with Crippen LogP contribution >= 0.6 is 36.4 Å². The van der Waals surface area contributed by atoms with Crippen molar-refractivity contribution in [3.05, 3.63) is 35.1 Å². The number of nitrogens with one attached hydrogen (secondary N) is 1. The SMILES string of the molecule is Cl.Cl.NCCc1noc(-c2ccc3nc(N4CCNCC4)c(Cl)cc3c2)n1. The molecular formula is C17H21Cl3N6O. The number of rotatable bonds is 4. The Bertz CT molecular complexity index is 898. The Hall–Kier alpha value is -1.64. The molecule has 0 saturated carbocycles. The molecule has 146 valence electrons. The summed E-state index contributed by atoms with van der Waals surface area (Å²) in [5, 5.41) is 8.87. The molecule has 2 aromatic heterocycles. The zero-order chi connectivity index (χ0) is 17.2. The molecule has 0 unspecified atom stereocenters.